The first-order chi connectivity index (χ1) is 8.72. The van der Waals surface area contributed by atoms with Crippen molar-refractivity contribution in [1.29, 1.82) is 0 Å². The molecule has 0 amide bonds. The molecule has 3 nitrogen and oxygen atoms in total. The Labute approximate surface area is 108 Å². The van der Waals surface area contributed by atoms with Crippen LogP contribution < -0.4 is 10.6 Å². The van der Waals surface area contributed by atoms with Gasteiger partial charge in [0.2, 0.25) is 0 Å². The number of nitrogens with two attached hydrogens (primary N) is 1. The van der Waals surface area contributed by atoms with E-state index in [2.05, 4.69) is 29.8 Å². The minimum Gasteiger partial charge on any atom is -0.398 e. The maximum absolute atomic E-state index is 5.97. The van der Waals surface area contributed by atoms with Gasteiger partial charge in [-0.3, -0.25) is 4.98 Å². The number of benzene rings is 1. The monoisotopic (exact) mass is 241 g/mol. The van der Waals surface area contributed by atoms with Crippen molar-refractivity contribution in [2.24, 2.45) is 0 Å². The normalized spacial score (nSPS) is 10.3. The van der Waals surface area contributed by atoms with E-state index in [4.69, 9.17) is 5.73 Å². The van der Waals surface area contributed by atoms with Gasteiger partial charge < -0.3 is 10.6 Å². The van der Waals surface area contributed by atoms with Crippen molar-refractivity contribution in [1.82, 2.24) is 4.98 Å². The molecule has 0 atom stereocenters. The summed E-state index contributed by atoms with van der Waals surface area (Å²) in [7, 11) is 0. The van der Waals surface area contributed by atoms with E-state index in [9.17, 15) is 0 Å². The van der Waals surface area contributed by atoms with Gasteiger partial charge >= 0.3 is 0 Å². The maximum atomic E-state index is 5.97. The van der Waals surface area contributed by atoms with E-state index in [1.807, 2.05) is 36.7 Å². The topological polar surface area (TPSA) is 42.2 Å². The average Bonchev–Trinajstić information content (AvgIpc) is 2.41. The zero-order chi connectivity index (χ0) is 13.0. The van der Waals surface area contributed by atoms with Gasteiger partial charge in [0.05, 0.1) is 0 Å². The molecule has 1 aromatic heterocycles. The van der Waals surface area contributed by atoms with E-state index in [1.54, 1.807) is 0 Å². The van der Waals surface area contributed by atoms with Crippen LogP contribution in [0.5, 0.6) is 0 Å². The molecular weight excluding hydrogens is 222 g/mol. The quantitative estimate of drug-likeness (QED) is 0.837. The van der Waals surface area contributed by atoms with E-state index in [0.29, 0.717) is 0 Å². The lowest BCUT2D eigenvalue weighted by atomic mass is 10.1. The van der Waals surface area contributed by atoms with Crippen LogP contribution in [-0.4, -0.2) is 11.5 Å². The summed E-state index contributed by atoms with van der Waals surface area (Å²) in [6.07, 6.45) is 3.66. The number of pyridine rings is 1. The van der Waals surface area contributed by atoms with Crippen molar-refractivity contribution in [3.05, 3.63) is 53.9 Å². The second-order valence-corrected chi connectivity index (χ2v) is 4.36. The van der Waals surface area contributed by atoms with Crippen LogP contribution in [0.15, 0.2) is 42.7 Å². The number of aromatic nitrogens is 1. The highest BCUT2D eigenvalue weighted by Crippen LogP contribution is 2.25. The summed E-state index contributed by atoms with van der Waals surface area (Å²) >= 11 is 0. The lowest BCUT2D eigenvalue weighted by Crippen LogP contribution is -2.23. The van der Waals surface area contributed by atoms with Crippen LogP contribution in [0.2, 0.25) is 0 Å². The molecule has 18 heavy (non-hydrogen) atoms. The van der Waals surface area contributed by atoms with Gasteiger partial charge in [-0.2, -0.15) is 0 Å². The second-order valence-electron chi connectivity index (χ2n) is 4.36. The minimum atomic E-state index is 0.848. The number of anilines is 2. The van der Waals surface area contributed by atoms with Crippen molar-refractivity contribution in [3.63, 3.8) is 0 Å². The van der Waals surface area contributed by atoms with Gasteiger partial charge in [0.15, 0.2) is 0 Å². The van der Waals surface area contributed by atoms with Crippen LogP contribution in [0.25, 0.3) is 0 Å². The average molecular weight is 241 g/mol. The molecule has 2 rings (SSSR count). The van der Waals surface area contributed by atoms with Crippen LogP contribution in [0.3, 0.4) is 0 Å². The Hall–Kier alpha value is -2.03. The summed E-state index contributed by atoms with van der Waals surface area (Å²) in [5.74, 6) is 0. The standard InChI is InChI=1S/C15H19N3/c1-3-18(11-13-7-9-17-10-8-13)15-6-4-5-14(16)12(15)2/h4-10H,3,11,16H2,1-2H3. The van der Waals surface area contributed by atoms with Crippen LogP contribution in [-0.2, 0) is 6.54 Å². The number of nitrogens with zero attached hydrogens (tertiary/aromatic N) is 2. The lowest BCUT2D eigenvalue weighted by Gasteiger charge is -2.25. The molecule has 0 aliphatic carbocycles. The molecule has 0 radical (unpaired) electrons. The third-order valence-electron chi connectivity index (χ3n) is 3.19. The van der Waals surface area contributed by atoms with Crippen molar-refractivity contribution in [2.45, 2.75) is 20.4 Å². The smallest absolute Gasteiger partial charge is 0.0430 e. The van der Waals surface area contributed by atoms with Crippen molar-refractivity contribution < 1.29 is 0 Å². The van der Waals surface area contributed by atoms with Crippen molar-refractivity contribution >= 4 is 11.4 Å². The molecule has 3 heteroatoms. The van der Waals surface area contributed by atoms with Gasteiger partial charge in [0, 0.05) is 36.9 Å². The predicted octanol–water partition coefficient (Wildman–Crippen LogP) is 3.00. The molecule has 0 saturated heterocycles. The van der Waals surface area contributed by atoms with E-state index in [-0.39, 0.29) is 0 Å². The molecule has 0 unspecified atom stereocenters. The van der Waals surface area contributed by atoms with Gasteiger partial charge in [0.1, 0.15) is 0 Å². The first-order valence-corrected chi connectivity index (χ1v) is 6.21. The molecule has 0 spiro atoms. The molecule has 2 aromatic rings. The first kappa shape index (κ1) is 12.4. The Morgan fingerprint density at radius 2 is 1.89 bits per heavy atom. The Morgan fingerprint density at radius 3 is 2.56 bits per heavy atom. The number of hydrogen-bond donors (Lipinski definition) is 1. The van der Waals surface area contributed by atoms with Gasteiger partial charge in [-0.15, -0.1) is 0 Å². The largest absolute Gasteiger partial charge is 0.398 e. The van der Waals surface area contributed by atoms with Crippen LogP contribution in [0.1, 0.15) is 18.1 Å². The van der Waals surface area contributed by atoms with Crippen LogP contribution in [0, 0.1) is 6.92 Å². The Bertz CT molecular complexity index is 508. The molecule has 0 aliphatic heterocycles. The molecule has 0 bridgehead atoms. The Morgan fingerprint density at radius 1 is 1.17 bits per heavy atom. The zero-order valence-corrected chi connectivity index (χ0v) is 10.9. The molecule has 1 heterocycles. The Kier molecular flexibility index (Phi) is 3.82. The van der Waals surface area contributed by atoms with Crippen LogP contribution in [0.4, 0.5) is 11.4 Å². The minimum absolute atomic E-state index is 0.848. The highest BCUT2D eigenvalue weighted by molar-refractivity contribution is 5.64. The summed E-state index contributed by atoms with van der Waals surface area (Å²) in [6, 6.07) is 10.2. The van der Waals surface area contributed by atoms with E-state index in [0.717, 1.165) is 24.3 Å². The van der Waals surface area contributed by atoms with Crippen molar-refractivity contribution in [3.8, 4) is 0 Å². The highest BCUT2D eigenvalue weighted by atomic mass is 15.1. The fourth-order valence-corrected chi connectivity index (χ4v) is 2.06. The second kappa shape index (κ2) is 5.54. The van der Waals surface area contributed by atoms with Gasteiger partial charge in [-0.05, 0) is 49.2 Å². The molecule has 94 valence electrons. The molecule has 2 N–H and O–H groups in total. The third-order valence-corrected chi connectivity index (χ3v) is 3.19. The first-order valence-electron chi connectivity index (χ1n) is 6.21. The van der Waals surface area contributed by atoms with E-state index >= 15 is 0 Å². The number of nitrogen functional groups attached to an aromatic ring is 1. The van der Waals surface area contributed by atoms with Gasteiger partial charge in [0.25, 0.3) is 0 Å². The van der Waals surface area contributed by atoms with E-state index in [1.165, 1.54) is 11.3 Å². The lowest BCUT2D eigenvalue weighted by molar-refractivity contribution is 0.827. The van der Waals surface area contributed by atoms with Crippen LogP contribution >= 0.6 is 0 Å². The fourth-order valence-electron chi connectivity index (χ4n) is 2.06. The highest BCUT2D eigenvalue weighted by Gasteiger charge is 2.09. The summed E-state index contributed by atoms with van der Waals surface area (Å²) in [6.45, 7) is 6.06. The molecule has 1 aromatic carbocycles. The molecular formula is C15H19N3. The fraction of sp³-hybridized carbons (Fsp3) is 0.267. The molecule has 0 fully saturated rings. The maximum Gasteiger partial charge on any atom is 0.0430 e. The summed E-state index contributed by atoms with van der Waals surface area (Å²) in [5, 5.41) is 0. The van der Waals surface area contributed by atoms with Crippen molar-refractivity contribution in [2.75, 3.05) is 17.2 Å². The summed E-state index contributed by atoms with van der Waals surface area (Å²) in [4.78, 5) is 6.36. The zero-order valence-electron chi connectivity index (χ0n) is 10.9. The van der Waals surface area contributed by atoms with Gasteiger partial charge in [-0.1, -0.05) is 6.07 Å². The molecule has 0 aliphatic rings. The summed E-state index contributed by atoms with van der Waals surface area (Å²) < 4.78 is 0. The van der Waals surface area contributed by atoms with Gasteiger partial charge in [-0.25, -0.2) is 0 Å². The SMILES string of the molecule is CCN(Cc1ccncc1)c1cccc(N)c1C. The predicted molar refractivity (Wildman–Crippen MR) is 76.6 cm³/mol. The number of rotatable bonds is 4. The summed E-state index contributed by atoms with van der Waals surface area (Å²) in [5.41, 5.74) is 10.4. The number of hydrogen-bond acceptors (Lipinski definition) is 3. The Balaban J connectivity index is 2.26. The molecule has 0 saturated carbocycles. The van der Waals surface area contributed by atoms with E-state index < -0.39 is 0 Å². The third kappa shape index (κ3) is 2.62.